The summed E-state index contributed by atoms with van der Waals surface area (Å²) in [7, 11) is 0. The molecule has 10 aliphatic carbocycles. The zero-order chi connectivity index (χ0) is 38.6. The molecule has 8 fully saturated rings. The Morgan fingerprint density at radius 2 is 1.05 bits per heavy atom. The van der Waals surface area contributed by atoms with Gasteiger partial charge in [-0.1, -0.05) is 56.8 Å². The third kappa shape index (κ3) is 7.10. The summed E-state index contributed by atoms with van der Waals surface area (Å²) < 4.78 is 0. The van der Waals surface area contributed by atoms with Crippen molar-refractivity contribution in [1.29, 1.82) is 0 Å². The lowest BCUT2D eigenvalue weighted by Gasteiger charge is -2.57. The third-order valence-corrected chi connectivity index (χ3v) is 18.5. The van der Waals surface area contributed by atoms with Gasteiger partial charge in [0.25, 0.3) is 0 Å². The third-order valence-electron chi connectivity index (χ3n) is 18.5. The summed E-state index contributed by atoms with van der Waals surface area (Å²) in [5.41, 5.74) is 7.01. The number of hydrogen-bond acceptors (Lipinski definition) is 7. The molecule has 0 aromatic carbocycles. The maximum Gasteiger partial charge on any atom is 0.155 e. The van der Waals surface area contributed by atoms with Gasteiger partial charge in [-0.15, -0.1) is 0 Å². The second kappa shape index (κ2) is 15.6. The van der Waals surface area contributed by atoms with Crippen molar-refractivity contribution < 1.29 is 24.4 Å². The van der Waals surface area contributed by atoms with Gasteiger partial charge >= 0.3 is 0 Å². The quantitative estimate of drug-likeness (QED) is 0.278. The number of carbonyl (C=O) groups excluding carboxylic acids is 3. The Morgan fingerprint density at radius 1 is 0.564 bits per heavy atom. The van der Waals surface area contributed by atoms with Crippen LogP contribution in [0.3, 0.4) is 0 Å². The Labute approximate surface area is 331 Å². The second-order valence-corrected chi connectivity index (χ2v) is 21.0. The molecule has 0 aliphatic heterocycles. The van der Waals surface area contributed by atoms with Gasteiger partial charge < -0.3 is 10.0 Å². The summed E-state index contributed by atoms with van der Waals surface area (Å²) in [5.74, 6) is 5.60. The van der Waals surface area contributed by atoms with E-state index in [-0.39, 0.29) is 16.2 Å². The number of hydroxylamine groups is 1. The molecule has 0 bridgehead atoms. The van der Waals surface area contributed by atoms with Crippen LogP contribution in [0.25, 0.3) is 0 Å². The number of nitrogens with zero attached hydrogens (tertiary/aromatic N) is 1. The molecule has 0 spiro atoms. The normalized spacial score (nSPS) is 44.4. The largest absolute Gasteiger partial charge is 0.392 e. The van der Waals surface area contributed by atoms with Gasteiger partial charge in [-0.05, 0) is 180 Å². The van der Waals surface area contributed by atoms with Crippen LogP contribution in [-0.2, 0) is 19.2 Å². The fourth-order valence-electron chi connectivity index (χ4n) is 14.9. The van der Waals surface area contributed by atoms with Crippen molar-refractivity contribution in [3.05, 3.63) is 23.3 Å². The van der Waals surface area contributed by atoms with Gasteiger partial charge in [0, 0.05) is 36.1 Å². The van der Waals surface area contributed by atoms with Crippen LogP contribution in [0.5, 0.6) is 0 Å². The van der Waals surface area contributed by atoms with Crippen LogP contribution in [0.2, 0.25) is 0 Å². The highest BCUT2D eigenvalue weighted by Gasteiger charge is 2.60. The molecule has 0 aromatic rings. The van der Waals surface area contributed by atoms with E-state index < -0.39 is 0 Å². The van der Waals surface area contributed by atoms with Gasteiger partial charge in [-0.2, -0.15) is 0 Å². The molecule has 7 heteroatoms. The van der Waals surface area contributed by atoms with E-state index in [0.717, 1.165) is 88.9 Å². The Bertz CT molecular complexity index is 1590. The van der Waals surface area contributed by atoms with Crippen LogP contribution in [0.1, 0.15) is 182 Å². The van der Waals surface area contributed by atoms with Gasteiger partial charge in [0.05, 0.1) is 5.71 Å². The van der Waals surface area contributed by atoms with Crippen molar-refractivity contribution in [2.45, 2.75) is 194 Å². The number of fused-ring (bicyclic) bond motifs is 10. The Kier molecular flexibility index (Phi) is 11.2. The lowest BCUT2D eigenvalue weighted by molar-refractivity contribution is -0.133. The number of carbonyl (C=O) groups is 3. The van der Waals surface area contributed by atoms with Crippen molar-refractivity contribution in [2.75, 3.05) is 0 Å². The zero-order valence-corrected chi connectivity index (χ0v) is 34.8. The fraction of sp³-hybridized carbons (Fsp3) is 0.833. The average molecular weight is 757 g/mol. The van der Waals surface area contributed by atoms with E-state index in [1.165, 1.54) is 88.3 Å². The van der Waals surface area contributed by atoms with Crippen molar-refractivity contribution in [1.82, 2.24) is 5.48 Å². The van der Waals surface area contributed by atoms with Crippen molar-refractivity contribution in [3.8, 4) is 0 Å². The SMILES string of the molecule is C[C@]12CCC(=NOC3CCCC3)C=C1CCC1C2CC[C@]2(C)C(=O)CCC12.C[C@]12CCC(=O)C=C1CCC1C2CC[C@]2(C)C(=O)CCC12.ONC1CCCC1. The first-order valence-electron chi connectivity index (χ1n) is 23.0. The Balaban J connectivity index is 0.000000135. The maximum absolute atomic E-state index is 12.6. The number of hydrogen-bond donors (Lipinski definition) is 2. The highest BCUT2D eigenvalue weighted by Crippen LogP contribution is 2.66. The Morgan fingerprint density at radius 3 is 1.58 bits per heavy atom. The van der Waals surface area contributed by atoms with Crippen LogP contribution in [0, 0.1) is 57.2 Å². The minimum atomic E-state index is -0.0246. The van der Waals surface area contributed by atoms with Gasteiger partial charge in [0.1, 0.15) is 17.7 Å². The van der Waals surface area contributed by atoms with E-state index >= 15 is 0 Å². The molecule has 8 saturated carbocycles. The van der Waals surface area contributed by atoms with E-state index in [1.54, 1.807) is 5.57 Å². The molecule has 0 heterocycles. The predicted molar refractivity (Wildman–Crippen MR) is 216 cm³/mol. The average Bonchev–Trinajstić information content (AvgIpc) is 4.00. The van der Waals surface area contributed by atoms with Crippen LogP contribution in [0.15, 0.2) is 28.5 Å². The molecule has 6 unspecified atom stereocenters. The van der Waals surface area contributed by atoms with Crippen molar-refractivity contribution >= 4 is 23.1 Å². The number of oxime groups is 1. The predicted octanol–water partition coefficient (Wildman–Crippen LogP) is 10.8. The lowest BCUT2D eigenvalue weighted by Crippen LogP contribution is -2.50. The summed E-state index contributed by atoms with van der Waals surface area (Å²) in [6, 6.07) is 0.403. The molecule has 55 heavy (non-hydrogen) atoms. The van der Waals surface area contributed by atoms with E-state index in [9.17, 15) is 14.4 Å². The summed E-state index contributed by atoms with van der Waals surface area (Å²) >= 11 is 0. The van der Waals surface area contributed by atoms with Crippen molar-refractivity contribution in [2.24, 2.45) is 62.3 Å². The molecule has 0 aromatic heterocycles. The summed E-state index contributed by atoms with van der Waals surface area (Å²) in [4.78, 5) is 42.5. The Hall–Kier alpha value is -2.12. The fourth-order valence-corrected chi connectivity index (χ4v) is 14.9. The van der Waals surface area contributed by atoms with Crippen LogP contribution in [-0.4, -0.2) is 40.4 Å². The van der Waals surface area contributed by atoms with Crippen molar-refractivity contribution in [3.63, 3.8) is 0 Å². The molecular formula is C48H72N2O5. The van der Waals surface area contributed by atoms with Crippen LogP contribution in [0.4, 0.5) is 0 Å². The van der Waals surface area contributed by atoms with Gasteiger partial charge in [0.15, 0.2) is 5.78 Å². The molecular weight excluding hydrogens is 685 g/mol. The lowest BCUT2D eigenvalue weighted by atomic mass is 9.47. The molecule has 0 amide bonds. The highest BCUT2D eigenvalue weighted by molar-refractivity contribution is 5.96. The topological polar surface area (TPSA) is 105 Å². The molecule has 0 saturated heterocycles. The summed E-state index contributed by atoms with van der Waals surface area (Å²) in [5, 5.41) is 12.9. The van der Waals surface area contributed by atoms with Crippen LogP contribution < -0.4 is 5.48 Å². The summed E-state index contributed by atoms with van der Waals surface area (Å²) in [6.45, 7) is 9.44. The first kappa shape index (κ1) is 39.7. The number of allylic oxidation sites excluding steroid dienone is 3. The maximum atomic E-state index is 12.6. The minimum absolute atomic E-state index is 0.00481. The molecule has 304 valence electrons. The molecule has 2 N–H and O–H groups in total. The standard InChI is InChI=1S/C24H35NO2.C19H26O2.C5H11NO/c1-23-13-11-17(25-27-18-5-3-4-6-18)15-16(23)7-8-19-20-9-10-22(26)24(20,2)14-12-21(19)23;1-18-9-7-13(20)11-12(18)3-4-14-15-5-6-17(21)19(15,2)10-8-16(14)18;7-6-5-3-1-2-4-5/h15,18-21H,3-14H2,1-2H3;11,14-16H,3-10H2,1-2H3;5-7H,1-4H2/t19?,20?,21?,23-,24-;14?,15?,16?,18-,19-;/m00./s1. The van der Waals surface area contributed by atoms with E-state index in [0.29, 0.717) is 58.6 Å². The smallest absolute Gasteiger partial charge is 0.155 e. The van der Waals surface area contributed by atoms with Gasteiger partial charge in [-0.3, -0.25) is 14.4 Å². The molecule has 10 rings (SSSR count). The number of rotatable bonds is 3. The molecule has 7 nitrogen and oxygen atoms in total. The molecule has 10 atom stereocenters. The number of nitrogens with one attached hydrogen (secondary N) is 1. The summed E-state index contributed by atoms with van der Waals surface area (Å²) in [6.07, 6.45) is 31.8. The minimum Gasteiger partial charge on any atom is -0.392 e. The first-order valence-corrected chi connectivity index (χ1v) is 23.0. The zero-order valence-electron chi connectivity index (χ0n) is 34.8. The number of ketones is 3. The van der Waals surface area contributed by atoms with Crippen LogP contribution >= 0.6 is 0 Å². The second-order valence-electron chi connectivity index (χ2n) is 21.0. The monoisotopic (exact) mass is 757 g/mol. The van der Waals surface area contributed by atoms with E-state index in [2.05, 4.69) is 44.4 Å². The molecule has 0 radical (unpaired) electrons. The molecule has 10 aliphatic rings. The highest BCUT2D eigenvalue weighted by atomic mass is 16.6. The van der Waals surface area contributed by atoms with E-state index in [4.69, 9.17) is 10.0 Å². The first-order chi connectivity index (χ1) is 26.4. The number of Topliss-reactive ketones (excluding diaryl/α,β-unsaturated/α-hetero) is 2. The van der Waals surface area contributed by atoms with E-state index in [1.807, 2.05) is 6.08 Å². The van der Waals surface area contributed by atoms with Gasteiger partial charge in [-0.25, -0.2) is 5.48 Å². The van der Waals surface area contributed by atoms with Gasteiger partial charge in [0.2, 0.25) is 0 Å².